The summed E-state index contributed by atoms with van der Waals surface area (Å²) >= 11 is 0. The van der Waals surface area contributed by atoms with Crippen molar-refractivity contribution < 1.29 is 22.7 Å². The van der Waals surface area contributed by atoms with E-state index in [2.05, 4.69) is 4.74 Å². The van der Waals surface area contributed by atoms with Crippen LogP contribution in [0.4, 0.5) is 8.78 Å². The fraction of sp³-hybridized carbons (Fsp3) is 0.158. The maximum Gasteiger partial charge on any atom is 0.387 e. The van der Waals surface area contributed by atoms with E-state index < -0.39 is 18.1 Å². The number of carbonyl (C=O) groups excluding carboxylic acids is 1. The van der Waals surface area contributed by atoms with Crippen molar-refractivity contribution in [1.82, 2.24) is 4.90 Å². The van der Waals surface area contributed by atoms with Gasteiger partial charge in [-0.05, 0) is 29.8 Å². The van der Waals surface area contributed by atoms with Crippen LogP contribution in [0.3, 0.4) is 0 Å². The molecule has 1 aromatic heterocycles. The molecule has 0 bridgehead atoms. The lowest BCUT2D eigenvalue weighted by Crippen LogP contribution is -2.30. The van der Waals surface area contributed by atoms with Gasteiger partial charge in [-0.3, -0.25) is 4.79 Å². The summed E-state index contributed by atoms with van der Waals surface area (Å²) < 4.78 is 33.8. The summed E-state index contributed by atoms with van der Waals surface area (Å²) in [6, 6.07) is 14.3. The number of rotatable bonds is 5. The number of para-hydroxylation sites is 1. The van der Waals surface area contributed by atoms with Gasteiger partial charge in [-0.1, -0.05) is 30.3 Å². The zero-order valence-electron chi connectivity index (χ0n) is 13.8. The van der Waals surface area contributed by atoms with Gasteiger partial charge in [0.15, 0.2) is 0 Å². The molecule has 0 aliphatic heterocycles. The number of benzene rings is 2. The summed E-state index contributed by atoms with van der Waals surface area (Å²) in [5, 5.41) is 0.650. The first-order chi connectivity index (χ1) is 12.4. The van der Waals surface area contributed by atoms with E-state index in [0.29, 0.717) is 16.5 Å². The van der Waals surface area contributed by atoms with Gasteiger partial charge in [0.25, 0.3) is 5.91 Å². The maximum atomic E-state index is 12.6. The van der Waals surface area contributed by atoms with Crippen LogP contribution in [0, 0.1) is 0 Å². The van der Waals surface area contributed by atoms with E-state index in [1.807, 2.05) is 0 Å². The Morgan fingerprint density at radius 3 is 2.54 bits per heavy atom. The molecule has 0 N–H and O–H groups in total. The highest BCUT2D eigenvalue weighted by Gasteiger charge is 2.18. The van der Waals surface area contributed by atoms with E-state index in [1.165, 1.54) is 23.1 Å². The molecule has 26 heavy (non-hydrogen) atoms. The number of fused-ring (bicyclic) bond motifs is 1. The van der Waals surface area contributed by atoms with Crippen molar-refractivity contribution >= 4 is 16.9 Å². The number of carbonyl (C=O) groups is 1. The minimum absolute atomic E-state index is 0.0351. The average molecular weight is 359 g/mol. The fourth-order valence-corrected chi connectivity index (χ4v) is 2.54. The topological polar surface area (TPSA) is 59.8 Å². The predicted octanol–water partition coefficient (Wildman–Crippen LogP) is 3.67. The second kappa shape index (κ2) is 7.35. The molecule has 0 aliphatic carbocycles. The summed E-state index contributed by atoms with van der Waals surface area (Å²) in [6.07, 6.45) is 0. The molecule has 7 heteroatoms. The van der Waals surface area contributed by atoms with Crippen LogP contribution in [0.5, 0.6) is 5.75 Å². The number of ether oxygens (including phenoxy) is 1. The van der Waals surface area contributed by atoms with E-state index in [4.69, 9.17) is 4.42 Å². The van der Waals surface area contributed by atoms with E-state index in [1.54, 1.807) is 43.4 Å². The first-order valence-corrected chi connectivity index (χ1v) is 7.76. The van der Waals surface area contributed by atoms with Gasteiger partial charge < -0.3 is 14.1 Å². The standard InChI is InChI=1S/C19H15F2NO4/c1-22(11-12-6-8-14(9-7-12)25-19(20)21)17(23)15-10-13-4-2-3-5-16(13)26-18(15)24/h2-10,19H,11H2,1H3. The molecule has 0 aliphatic rings. The number of alkyl halides is 2. The molecule has 1 amide bonds. The van der Waals surface area contributed by atoms with E-state index >= 15 is 0 Å². The zero-order valence-corrected chi connectivity index (χ0v) is 13.8. The summed E-state index contributed by atoms with van der Waals surface area (Å²) in [6.45, 7) is -2.70. The number of hydrogen-bond donors (Lipinski definition) is 0. The van der Waals surface area contributed by atoms with Crippen molar-refractivity contribution in [3.63, 3.8) is 0 Å². The highest BCUT2D eigenvalue weighted by Crippen LogP contribution is 2.17. The van der Waals surface area contributed by atoms with Crippen LogP contribution >= 0.6 is 0 Å². The molecule has 134 valence electrons. The van der Waals surface area contributed by atoms with Gasteiger partial charge in [0.1, 0.15) is 16.9 Å². The van der Waals surface area contributed by atoms with Crippen molar-refractivity contribution in [3.8, 4) is 5.75 Å². The van der Waals surface area contributed by atoms with Crippen LogP contribution in [0.1, 0.15) is 15.9 Å². The molecule has 3 aromatic rings. The van der Waals surface area contributed by atoms with Crippen LogP contribution in [0.15, 0.2) is 63.8 Å². The van der Waals surface area contributed by atoms with E-state index in [0.717, 1.165) is 0 Å². The highest BCUT2D eigenvalue weighted by molar-refractivity contribution is 5.96. The second-order valence-corrected chi connectivity index (χ2v) is 5.67. The zero-order chi connectivity index (χ0) is 18.7. The summed E-state index contributed by atoms with van der Waals surface area (Å²) in [5.41, 5.74) is 0.337. The lowest BCUT2D eigenvalue weighted by Gasteiger charge is -2.17. The Bertz CT molecular complexity index is 983. The van der Waals surface area contributed by atoms with Crippen molar-refractivity contribution in [3.05, 3.63) is 76.1 Å². The quantitative estimate of drug-likeness (QED) is 0.652. The number of nitrogens with zero attached hydrogens (tertiary/aromatic N) is 1. The van der Waals surface area contributed by atoms with Crippen LogP contribution in [0.25, 0.3) is 11.0 Å². The van der Waals surface area contributed by atoms with E-state index in [9.17, 15) is 18.4 Å². The molecule has 0 spiro atoms. The number of halogens is 2. The van der Waals surface area contributed by atoms with Crippen molar-refractivity contribution in [2.75, 3.05) is 7.05 Å². The van der Waals surface area contributed by atoms with Crippen LogP contribution in [-0.2, 0) is 6.54 Å². The van der Waals surface area contributed by atoms with Gasteiger partial charge in [-0.15, -0.1) is 0 Å². The molecule has 0 radical (unpaired) electrons. The maximum absolute atomic E-state index is 12.6. The number of amides is 1. The lowest BCUT2D eigenvalue weighted by atomic mass is 10.1. The predicted molar refractivity (Wildman–Crippen MR) is 91.4 cm³/mol. The third kappa shape index (κ3) is 3.88. The van der Waals surface area contributed by atoms with Crippen LogP contribution in [-0.4, -0.2) is 24.5 Å². The van der Waals surface area contributed by atoms with E-state index in [-0.39, 0.29) is 17.9 Å². The molecule has 1 heterocycles. The Morgan fingerprint density at radius 2 is 1.85 bits per heavy atom. The minimum Gasteiger partial charge on any atom is -0.435 e. The van der Waals surface area contributed by atoms with Crippen molar-refractivity contribution in [2.45, 2.75) is 13.2 Å². The van der Waals surface area contributed by atoms with Gasteiger partial charge in [-0.2, -0.15) is 8.78 Å². The smallest absolute Gasteiger partial charge is 0.387 e. The number of hydrogen-bond acceptors (Lipinski definition) is 4. The molecule has 0 unspecified atom stereocenters. The average Bonchev–Trinajstić information content (AvgIpc) is 2.61. The van der Waals surface area contributed by atoms with Gasteiger partial charge in [0.2, 0.25) is 0 Å². The second-order valence-electron chi connectivity index (χ2n) is 5.67. The minimum atomic E-state index is -2.89. The van der Waals surface area contributed by atoms with Crippen LogP contribution < -0.4 is 10.4 Å². The molecule has 0 saturated heterocycles. The van der Waals surface area contributed by atoms with Crippen molar-refractivity contribution in [1.29, 1.82) is 0 Å². The Labute approximate surface area is 147 Å². The van der Waals surface area contributed by atoms with Gasteiger partial charge in [0, 0.05) is 19.0 Å². The Morgan fingerprint density at radius 1 is 1.15 bits per heavy atom. The highest BCUT2D eigenvalue weighted by atomic mass is 19.3. The largest absolute Gasteiger partial charge is 0.435 e. The Balaban J connectivity index is 1.77. The van der Waals surface area contributed by atoms with Gasteiger partial charge >= 0.3 is 12.2 Å². The van der Waals surface area contributed by atoms with Gasteiger partial charge in [-0.25, -0.2) is 4.79 Å². The molecule has 5 nitrogen and oxygen atoms in total. The first-order valence-electron chi connectivity index (χ1n) is 7.76. The Kier molecular flexibility index (Phi) is 4.97. The third-order valence-corrected chi connectivity index (χ3v) is 3.79. The SMILES string of the molecule is CN(Cc1ccc(OC(F)F)cc1)C(=O)c1cc2ccccc2oc1=O. The van der Waals surface area contributed by atoms with Gasteiger partial charge in [0.05, 0.1) is 0 Å². The molecule has 2 aromatic carbocycles. The molecule has 0 fully saturated rings. The summed E-state index contributed by atoms with van der Waals surface area (Å²) in [4.78, 5) is 26.0. The lowest BCUT2D eigenvalue weighted by molar-refractivity contribution is -0.0498. The summed E-state index contributed by atoms with van der Waals surface area (Å²) in [5.74, 6) is -0.453. The van der Waals surface area contributed by atoms with Crippen LogP contribution in [0.2, 0.25) is 0 Å². The van der Waals surface area contributed by atoms with Crippen molar-refractivity contribution in [2.24, 2.45) is 0 Å². The Hall–Kier alpha value is -3.22. The molecule has 0 saturated carbocycles. The molecule has 3 rings (SSSR count). The third-order valence-electron chi connectivity index (χ3n) is 3.79. The molecule has 0 atom stereocenters. The normalized spacial score (nSPS) is 10.9. The fourth-order valence-electron chi connectivity index (χ4n) is 2.54. The monoisotopic (exact) mass is 359 g/mol. The first kappa shape index (κ1) is 17.6. The summed E-state index contributed by atoms with van der Waals surface area (Å²) in [7, 11) is 1.54. The molecular formula is C19H15F2NO4. The molecular weight excluding hydrogens is 344 g/mol.